The minimum absolute atomic E-state index is 0. The number of hydrogen-bond acceptors (Lipinski definition) is 4. The molecule has 0 aliphatic carbocycles. The molecule has 68 valence electrons. The second kappa shape index (κ2) is 7.73. The zero-order chi connectivity index (χ0) is 8.91. The van der Waals surface area contributed by atoms with Crippen LogP contribution in [0.25, 0.3) is 0 Å². The van der Waals surface area contributed by atoms with E-state index in [0.717, 1.165) is 0 Å². The van der Waals surface area contributed by atoms with Crippen molar-refractivity contribution < 1.29 is 42.5 Å². The quantitative estimate of drug-likeness (QED) is 0.248. The largest absolute Gasteiger partial charge is 1.00 e. The Morgan fingerprint density at radius 3 is 2.42 bits per heavy atom. The molecule has 1 N–H and O–H groups in total. The molecule has 12 heavy (non-hydrogen) atoms. The van der Waals surface area contributed by atoms with Crippen molar-refractivity contribution in [2.75, 3.05) is 18.8 Å². The molecule has 0 heterocycles. The molecule has 0 bridgehead atoms. The zero-order valence-corrected chi connectivity index (χ0v) is 11.6. The standard InChI is InChI=1S/C5H12BrNO3S.Na/c1-5(6)4-7-2-3-11(8,9)10;/h5,7H,2-4H2,1H3,(H,8,9,10);/q;+1/p-1. The molecular weight excluding hydrogens is 257 g/mol. The van der Waals surface area contributed by atoms with E-state index in [0.29, 0.717) is 6.54 Å². The average Bonchev–Trinajstić information content (AvgIpc) is 1.78. The fourth-order valence-electron chi connectivity index (χ4n) is 0.498. The third-order valence-corrected chi connectivity index (χ3v) is 1.98. The van der Waals surface area contributed by atoms with E-state index in [2.05, 4.69) is 21.2 Å². The van der Waals surface area contributed by atoms with Gasteiger partial charge in [-0.25, -0.2) is 8.42 Å². The van der Waals surface area contributed by atoms with Gasteiger partial charge in [-0.1, -0.05) is 22.9 Å². The van der Waals surface area contributed by atoms with Crippen molar-refractivity contribution in [3.8, 4) is 0 Å². The number of nitrogens with one attached hydrogen (secondary N) is 1. The molecule has 0 aliphatic heterocycles. The summed E-state index contributed by atoms with van der Waals surface area (Å²) < 4.78 is 30.2. The van der Waals surface area contributed by atoms with Gasteiger partial charge in [0.1, 0.15) is 0 Å². The Morgan fingerprint density at radius 2 is 2.08 bits per heavy atom. The molecule has 4 nitrogen and oxygen atoms in total. The predicted octanol–water partition coefficient (Wildman–Crippen LogP) is -3.09. The summed E-state index contributed by atoms with van der Waals surface area (Å²) in [7, 11) is -4.05. The first-order valence-electron chi connectivity index (χ1n) is 3.20. The number of halogens is 1. The van der Waals surface area contributed by atoms with Crippen LogP contribution < -0.4 is 34.9 Å². The van der Waals surface area contributed by atoms with Gasteiger partial charge in [0, 0.05) is 17.9 Å². The smallest absolute Gasteiger partial charge is 0.748 e. The molecule has 0 saturated heterocycles. The van der Waals surface area contributed by atoms with Gasteiger partial charge in [-0.3, -0.25) is 0 Å². The van der Waals surface area contributed by atoms with Crippen LogP contribution in [0, 0.1) is 0 Å². The van der Waals surface area contributed by atoms with E-state index in [4.69, 9.17) is 0 Å². The summed E-state index contributed by atoms with van der Waals surface area (Å²) in [6.45, 7) is 2.82. The van der Waals surface area contributed by atoms with Gasteiger partial charge in [0.25, 0.3) is 0 Å². The maximum Gasteiger partial charge on any atom is 1.00 e. The van der Waals surface area contributed by atoms with E-state index >= 15 is 0 Å². The third kappa shape index (κ3) is 13.9. The van der Waals surface area contributed by atoms with E-state index in [1.165, 1.54) is 0 Å². The topological polar surface area (TPSA) is 69.2 Å². The van der Waals surface area contributed by atoms with E-state index in [-0.39, 0.29) is 46.7 Å². The molecule has 0 aromatic rings. The predicted molar refractivity (Wildman–Crippen MR) is 45.8 cm³/mol. The molecule has 0 rings (SSSR count). The Balaban J connectivity index is 0. The molecule has 0 aromatic carbocycles. The van der Waals surface area contributed by atoms with Crippen molar-refractivity contribution in [3.05, 3.63) is 0 Å². The Kier molecular flexibility index (Phi) is 10.2. The molecule has 1 unspecified atom stereocenters. The first-order valence-corrected chi connectivity index (χ1v) is 5.69. The van der Waals surface area contributed by atoms with E-state index < -0.39 is 10.1 Å². The molecule has 1 atom stereocenters. The van der Waals surface area contributed by atoms with Crippen LogP contribution in [-0.2, 0) is 10.1 Å². The summed E-state index contributed by atoms with van der Waals surface area (Å²) >= 11 is 3.26. The van der Waals surface area contributed by atoms with Gasteiger partial charge in [0.2, 0.25) is 0 Å². The molecule has 7 heteroatoms. The van der Waals surface area contributed by atoms with Gasteiger partial charge in [0.05, 0.1) is 15.9 Å². The van der Waals surface area contributed by atoms with E-state index in [9.17, 15) is 13.0 Å². The fraction of sp³-hybridized carbons (Fsp3) is 1.00. The molecule has 0 saturated carbocycles. The fourth-order valence-corrected chi connectivity index (χ4v) is 1.12. The van der Waals surface area contributed by atoms with Crippen LogP contribution in [0.3, 0.4) is 0 Å². The van der Waals surface area contributed by atoms with E-state index in [1.807, 2.05) is 6.92 Å². The van der Waals surface area contributed by atoms with Gasteiger partial charge >= 0.3 is 29.6 Å². The summed E-state index contributed by atoms with van der Waals surface area (Å²) in [5.74, 6) is -0.341. The molecular formula is C5H11BrNNaO3S. The van der Waals surface area contributed by atoms with Crippen LogP contribution in [0.1, 0.15) is 6.92 Å². The van der Waals surface area contributed by atoms with Crippen molar-refractivity contribution >= 4 is 26.0 Å². The number of hydrogen-bond donors (Lipinski definition) is 1. The van der Waals surface area contributed by atoms with Gasteiger partial charge in [-0.15, -0.1) is 0 Å². The van der Waals surface area contributed by atoms with Crippen molar-refractivity contribution in [1.29, 1.82) is 0 Å². The van der Waals surface area contributed by atoms with Crippen molar-refractivity contribution in [2.24, 2.45) is 0 Å². The first-order chi connectivity index (χ1) is 4.92. The molecule has 0 radical (unpaired) electrons. The third-order valence-electron chi connectivity index (χ3n) is 0.954. The van der Waals surface area contributed by atoms with Gasteiger partial charge < -0.3 is 9.87 Å². The van der Waals surface area contributed by atoms with Gasteiger partial charge in [-0.2, -0.15) is 0 Å². The van der Waals surface area contributed by atoms with Crippen LogP contribution >= 0.6 is 15.9 Å². The second-order valence-corrected chi connectivity index (χ2v) is 5.33. The maximum absolute atomic E-state index is 10.1. The molecule has 0 aromatic heterocycles. The summed E-state index contributed by atoms with van der Waals surface area (Å²) in [6.07, 6.45) is 0. The summed E-state index contributed by atoms with van der Waals surface area (Å²) in [5, 5.41) is 2.82. The zero-order valence-electron chi connectivity index (χ0n) is 7.21. The van der Waals surface area contributed by atoms with Crippen LogP contribution in [-0.4, -0.2) is 36.6 Å². The Bertz CT molecular complexity index is 195. The van der Waals surface area contributed by atoms with Gasteiger partial charge in [-0.05, 0) is 0 Å². The number of rotatable bonds is 5. The van der Waals surface area contributed by atoms with Crippen molar-refractivity contribution in [1.82, 2.24) is 5.32 Å². The summed E-state index contributed by atoms with van der Waals surface area (Å²) in [5.41, 5.74) is 0. The summed E-state index contributed by atoms with van der Waals surface area (Å²) in [4.78, 5) is 0.289. The molecule has 0 spiro atoms. The summed E-state index contributed by atoms with van der Waals surface area (Å²) in [6, 6.07) is 0. The van der Waals surface area contributed by atoms with E-state index in [1.54, 1.807) is 0 Å². The normalized spacial score (nSPS) is 13.6. The average molecular weight is 268 g/mol. The SMILES string of the molecule is CC(Br)CNCCS(=O)(=O)[O-].[Na+]. The van der Waals surface area contributed by atoms with Crippen LogP contribution in [0.5, 0.6) is 0 Å². The van der Waals surface area contributed by atoms with Gasteiger partial charge in [0.15, 0.2) is 0 Å². The molecule has 0 aliphatic rings. The van der Waals surface area contributed by atoms with Crippen LogP contribution in [0.15, 0.2) is 0 Å². The maximum atomic E-state index is 10.1. The van der Waals surface area contributed by atoms with Crippen LogP contribution in [0.4, 0.5) is 0 Å². The Morgan fingerprint density at radius 1 is 1.58 bits per heavy atom. The minimum atomic E-state index is -4.05. The monoisotopic (exact) mass is 267 g/mol. The molecule has 0 fully saturated rings. The Labute approximate surface area is 104 Å². The van der Waals surface area contributed by atoms with Crippen molar-refractivity contribution in [3.63, 3.8) is 0 Å². The number of alkyl halides is 1. The van der Waals surface area contributed by atoms with Crippen LogP contribution in [0.2, 0.25) is 0 Å². The molecule has 0 amide bonds. The Hall–Kier alpha value is 1.35. The second-order valence-electron chi connectivity index (χ2n) is 2.25. The first kappa shape index (κ1) is 15.8. The minimum Gasteiger partial charge on any atom is -0.748 e. The van der Waals surface area contributed by atoms with Crippen molar-refractivity contribution in [2.45, 2.75) is 11.8 Å².